The molecule has 0 spiro atoms. The third kappa shape index (κ3) is 6.66. The van der Waals surface area contributed by atoms with Crippen molar-refractivity contribution in [1.82, 2.24) is 0 Å². The van der Waals surface area contributed by atoms with Crippen LogP contribution in [0.4, 0.5) is 22.7 Å². The van der Waals surface area contributed by atoms with E-state index in [0.717, 1.165) is 26.8 Å². The first kappa shape index (κ1) is 30.4. The lowest BCUT2D eigenvalue weighted by Crippen LogP contribution is -2.24. The van der Waals surface area contributed by atoms with Gasteiger partial charge in [0, 0.05) is 0 Å². The van der Waals surface area contributed by atoms with E-state index in [1.165, 1.54) is 36.4 Å². The van der Waals surface area contributed by atoms with Crippen molar-refractivity contribution in [1.29, 1.82) is 0 Å². The summed E-state index contributed by atoms with van der Waals surface area (Å²) in [5.41, 5.74) is 7.78. The van der Waals surface area contributed by atoms with Gasteiger partial charge in [0.2, 0.25) is 0 Å². The molecule has 0 radical (unpaired) electrons. The number of aryl methyl sites for hydroxylation is 2. The number of ether oxygens (including phenoxy) is 2. The van der Waals surface area contributed by atoms with E-state index in [-0.39, 0.29) is 39.7 Å². The quantitative estimate of drug-likeness (QED) is 0.197. The van der Waals surface area contributed by atoms with Crippen LogP contribution in [0.5, 0.6) is 11.5 Å². The number of methoxy groups -OCH3 is 1. The van der Waals surface area contributed by atoms with E-state index in [0.29, 0.717) is 5.69 Å². The molecule has 4 aromatic rings. The lowest BCUT2D eigenvalue weighted by Gasteiger charge is -2.28. The molecule has 0 bridgehead atoms. The lowest BCUT2D eigenvalue weighted by atomic mass is 10.1. The summed E-state index contributed by atoms with van der Waals surface area (Å²) in [6, 6.07) is 21.4. The number of nitrogens with two attached hydrogens (primary N) is 1. The molecule has 2 N–H and O–H groups in total. The summed E-state index contributed by atoms with van der Waals surface area (Å²) < 4.78 is 61.4. The van der Waals surface area contributed by atoms with Crippen molar-refractivity contribution >= 4 is 57.2 Å². The van der Waals surface area contributed by atoms with E-state index in [4.69, 9.17) is 15.2 Å². The summed E-state index contributed by atoms with van der Waals surface area (Å²) in [5, 5.41) is 0. The van der Waals surface area contributed by atoms with Crippen molar-refractivity contribution in [3.05, 3.63) is 107 Å². The van der Waals surface area contributed by atoms with Crippen molar-refractivity contribution in [2.45, 2.75) is 13.8 Å². The minimum Gasteiger partial charge on any atom is -0.755 e. The Kier molecular flexibility index (Phi) is 9.38. The predicted molar refractivity (Wildman–Crippen MR) is 157 cm³/mol. The zero-order chi connectivity index (χ0) is 30.6. The summed E-state index contributed by atoms with van der Waals surface area (Å²) in [6.07, 6.45) is 0. The van der Waals surface area contributed by atoms with Gasteiger partial charge < -0.3 is 24.3 Å². The van der Waals surface area contributed by atoms with Crippen molar-refractivity contribution in [3.8, 4) is 11.5 Å². The Bertz CT molecular complexity index is 1680. The monoisotopic (exact) mass is 607 g/mol. The van der Waals surface area contributed by atoms with Crippen LogP contribution in [0.25, 0.3) is 0 Å². The number of amides is 1. The van der Waals surface area contributed by atoms with Gasteiger partial charge in [-0.3, -0.25) is 21.8 Å². The number of nitrogens with zero attached hydrogens (tertiary/aromatic N) is 2. The zero-order valence-electron chi connectivity index (χ0n) is 22.6. The Balaban J connectivity index is 1.74. The fraction of sp³-hybridized carbons (Fsp3) is 0.103. The molecule has 0 heterocycles. The second kappa shape index (κ2) is 13.0. The third-order valence-corrected chi connectivity index (χ3v) is 7.53. The molecule has 0 aliphatic carbocycles. The zero-order valence-corrected chi connectivity index (χ0v) is 24.3. The summed E-state index contributed by atoms with van der Waals surface area (Å²) >= 11 is -5.59. The molecule has 218 valence electrons. The van der Waals surface area contributed by atoms with E-state index in [2.05, 4.69) is 0 Å². The maximum Gasteiger partial charge on any atom is 0.340 e. The van der Waals surface area contributed by atoms with E-state index < -0.39 is 34.4 Å². The van der Waals surface area contributed by atoms with E-state index in [1.807, 2.05) is 13.8 Å². The Hall–Kier alpha value is -4.56. The van der Waals surface area contributed by atoms with Crippen LogP contribution in [0.1, 0.15) is 31.8 Å². The third-order valence-electron chi connectivity index (χ3n) is 6.12. The summed E-state index contributed by atoms with van der Waals surface area (Å²) in [5.74, 6) is -1.53. The molecule has 2 atom stereocenters. The first-order valence-corrected chi connectivity index (χ1v) is 14.3. The molecule has 0 fully saturated rings. The van der Waals surface area contributed by atoms with Crippen LogP contribution >= 0.6 is 0 Å². The van der Waals surface area contributed by atoms with Crippen LogP contribution < -0.4 is 19.1 Å². The van der Waals surface area contributed by atoms with Gasteiger partial charge in [0.1, 0.15) is 11.5 Å². The summed E-state index contributed by atoms with van der Waals surface area (Å²) in [4.78, 5) is 25.1. The summed E-state index contributed by atoms with van der Waals surface area (Å²) in [7, 11) is 1.15. The van der Waals surface area contributed by atoms with Crippen molar-refractivity contribution < 1.29 is 36.6 Å². The van der Waals surface area contributed by atoms with Gasteiger partial charge in [0.15, 0.2) is 0 Å². The minimum absolute atomic E-state index is 0.00398. The molecular formula is C29H25N3O8S2-2. The highest BCUT2D eigenvalue weighted by Crippen LogP contribution is 2.37. The molecular weight excluding hydrogens is 582 g/mol. The predicted octanol–water partition coefficient (Wildman–Crippen LogP) is 4.85. The fourth-order valence-electron chi connectivity index (χ4n) is 4.09. The maximum absolute atomic E-state index is 12.7. The molecule has 0 aliphatic rings. The van der Waals surface area contributed by atoms with Gasteiger partial charge in [0.25, 0.3) is 5.91 Å². The number of esters is 1. The minimum atomic E-state index is -2.79. The SMILES string of the molecule is COC(=O)c1cc(Oc2ccc(N(c3ccc(C)cc3)S(=O)[O-])c(C(N)=O)c2)ccc1N(c1ccc(C)cc1)S(=O)[O-]. The second-order valence-corrected chi connectivity index (χ2v) is 10.6. The molecule has 0 aliphatic heterocycles. The maximum atomic E-state index is 12.7. The van der Waals surface area contributed by atoms with Gasteiger partial charge in [-0.2, -0.15) is 0 Å². The van der Waals surface area contributed by atoms with Gasteiger partial charge in [0.05, 0.1) is 63.5 Å². The molecule has 0 saturated heterocycles. The molecule has 11 nitrogen and oxygen atoms in total. The number of primary amides is 1. The average Bonchev–Trinajstić information content (AvgIpc) is 2.95. The molecule has 2 unspecified atom stereocenters. The number of hydrogen-bond donors (Lipinski definition) is 1. The molecule has 42 heavy (non-hydrogen) atoms. The Morgan fingerprint density at radius 2 is 1.10 bits per heavy atom. The van der Waals surface area contributed by atoms with Crippen molar-refractivity contribution in [2.75, 3.05) is 15.7 Å². The van der Waals surface area contributed by atoms with Gasteiger partial charge in [-0.05, 0) is 74.5 Å². The highest BCUT2D eigenvalue weighted by atomic mass is 32.2. The van der Waals surface area contributed by atoms with Crippen LogP contribution in [0.2, 0.25) is 0 Å². The molecule has 4 aromatic carbocycles. The van der Waals surface area contributed by atoms with Gasteiger partial charge >= 0.3 is 5.97 Å². The standard InChI is InChI=1S/C29H27N3O8S2/c1-18-4-8-20(9-5-18)31(41(35)36)26-14-12-22(16-24(26)28(30)33)40-23-13-15-27(25(17-23)29(34)39-3)32(42(37)38)21-10-6-19(2)7-11-21/h4-17H,1-3H3,(H2,30,33)(H,35,36)(H,37,38)/p-2. The molecule has 0 aromatic heterocycles. The highest BCUT2D eigenvalue weighted by Gasteiger charge is 2.22. The van der Waals surface area contributed by atoms with E-state index >= 15 is 0 Å². The molecule has 1 amide bonds. The Labute approximate surface area is 247 Å². The van der Waals surface area contributed by atoms with Crippen LogP contribution in [-0.4, -0.2) is 36.5 Å². The number of carbonyl (C=O) groups is 2. The van der Waals surface area contributed by atoms with E-state index in [1.54, 1.807) is 48.5 Å². The lowest BCUT2D eigenvalue weighted by molar-refractivity contribution is 0.0601. The topological polar surface area (TPSA) is 165 Å². The van der Waals surface area contributed by atoms with Crippen molar-refractivity contribution in [2.24, 2.45) is 5.73 Å². The largest absolute Gasteiger partial charge is 0.755 e. The van der Waals surface area contributed by atoms with E-state index in [9.17, 15) is 27.1 Å². The first-order chi connectivity index (χ1) is 20.0. The van der Waals surface area contributed by atoms with Gasteiger partial charge in [-0.1, -0.05) is 35.4 Å². The fourth-order valence-corrected chi connectivity index (χ4v) is 5.32. The van der Waals surface area contributed by atoms with Crippen molar-refractivity contribution in [3.63, 3.8) is 0 Å². The number of carbonyl (C=O) groups excluding carboxylic acids is 2. The smallest absolute Gasteiger partial charge is 0.340 e. The second-order valence-electron chi connectivity index (χ2n) is 9.01. The molecule has 4 rings (SSSR count). The van der Waals surface area contributed by atoms with Gasteiger partial charge in [-0.25, -0.2) is 4.79 Å². The van der Waals surface area contributed by atoms with Crippen LogP contribution in [0.15, 0.2) is 84.9 Å². The summed E-state index contributed by atoms with van der Waals surface area (Å²) in [6.45, 7) is 3.70. The molecule has 13 heteroatoms. The average molecular weight is 608 g/mol. The number of rotatable bonds is 10. The first-order valence-electron chi connectivity index (χ1n) is 12.3. The molecule has 0 saturated carbocycles. The number of benzene rings is 4. The highest BCUT2D eigenvalue weighted by molar-refractivity contribution is 7.81. The Morgan fingerprint density at radius 1 is 0.690 bits per heavy atom. The van der Waals surface area contributed by atoms with Crippen LogP contribution in [0.3, 0.4) is 0 Å². The van der Waals surface area contributed by atoms with Crippen LogP contribution in [0, 0.1) is 13.8 Å². The number of hydrogen-bond acceptors (Lipinski definition) is 8. The van der Waals surface area contributed by atoms with Crippen LogP contribution in [-0.2, 0) is 27.3 Å². The van der Waals surface area contributed by atoms with Gasteiger partial charge in [-0.15, -0.1) is 0 Å². The number of anilines is 4. The normalized spacial score (nSPS) is 12.2. The Morgan fingerprint density at radius 3 is 1.48 bits per heavy atom.